The largest absolute Gasteiger partial charge is 0.394 e. The third-order valence-electron chi connectivity index (χ3n) is 5.51. The number of amides is 3. The van der Waals surface area contributed by atoms with Crippen LogP contribution >= 0.6 is 0 Å². The molecule has 0 saturated carbocycles. The zero-order chi connectivity index (χ0) is 24.8. The van der Waals surface area contributed by atoms with E-state index in [1.165, 1.54) is 7.05 Å². The lowest BCUT2D eigenvalue weighted by molar-refractivity contribution is -0.123. The van der Waals surface area contributed by atoms with Gasteiger partial charge in [-0.1, -0.05) is 12.1 Å². The molecule has 3 amide bonds. The summed E-state index contributed by atoms with van der Waals surface area (Å²) >= 11 is 0. The number of aliphatic hydroxyl groups is 1. The summed E-state index contributed by atoms with van der Waals surface area (Å²) in [6.45, 7) is 1.86. The number of hydrogen-bond acceptors (Lipinski definition) is 10. The molecule has 3 heterocycles. The summed E-state index contributed by atoms with van der Waals surface area (Å²) < 4.78 is 5.38. The van der Waals surface area contributed by atoms with Crippen molar-refractivity contribution >= 4 is 35.0 Å². The van der Waals surface area contributed by atoms with Crippen molar-refractivity contribution in [1.29, 1.82) is 0 Å². The average Bonchev–Trinajstić information content (AvgIpc) is 3.26. The number of azo groups is 1. The fourth-order valence-corrected chi connectivity index (χ4v) is 3.69. The Labute approximate surface area is 201 Å². The van der Waals surface area contributed by atoms with Crippen molar-refractivity contribution in [2.24, 2.45) is 10.2 Å². The van der Waals surface area contributed by atoms with Gasteiger partial charge >= 0.3 is 0 Å². The Morgan fingerprint density at radius 3 is 2.80 bits per heavy atom. The highest BCUT2D eigenvalue weighted by molar-refractivity contribution is 5.99. The van der Waals surface area contributed by atoms with E-state index >= 15 is 0 Å². The van der Waals surface area contributed by atoms with E-state index in [1.807, 2.05) is 23.1 Å². The minimum atomic E-state index is -1.14. The van der Waals surface area contributed by atoms with Crippen LogP contribution in [0.15, 0.2) is 34.5 Å². The molecule has 1 fully saturated rings. The molecule has 2 aliphatic heterocycles. The standard InChI is InChI=1S/C22H26N8O5/c1-23-21(33)16(12-31)26-22(34)20-27-17(10-18(28-20)30-4-6-35-7-5-30)29-24-11-13-2-3-15-14(8-13)9-19(32)25-15/h2-3,8,10,16,31H,4-7,9,11-12H2,1H3,(H,23,33)(H,25,32)(H,26,34). The molecule has 2 aliphatic rings. The highest BCUT2D eigenvalue weighted by Crippen LogP contribution is 2.25. The number of carbonyl (C=O) groups excluding carboxylic acids is 3. The zero-order valence-electron chi connectivity index (χ0n) is 19.2. The van der Waals surface area contributed by atoms with Gasteiger partial charge in [0.2, 0.25) is 17.6 Å². The number of aliphatic hydroxyl groups excluding tert-OH is 1. The predicted molar refractivity (Wildman–Crippen MR) is 124 cm³/mol. The Bertz CT molecular complexity index is 1150. The summed E-state index contributed by atoms with van der Waals surface area (Å²) in [7, 11) is 1.40. The average molecular weight is 483 g/mol. The lowest BCUT2D eigenvalue weighted by Crippen LogP contribution is -2.48. The SMILES string of the molecule is CNC(=O)C(CO)NC(=O)c1nc(N=NCc2ccc3c(c2)CC(=O)N3)cc(N2CCOCC2)n1. The van der Waals surface area contributed by atoms with Crippen LogP contribution in [0.5, 0.6) is 0 Å². The molecular formula is C22H26N8O5. The van der Waals surface area contributed by atoms with Crippen molar-refractivity contribution in [1.82, 2.24) is 20.6 Å². The number of anilines is 2. The maximum absolute atomic E-state index is 12.8. The first-order valence-electron chi connectivity index (χ1n) is 11.1. The van der Waals surface area contributed by atoms with Gasteiger partial charge in [-0.15, -0.1) is 5.11 Å². The molecule has 0 spiro atoms. The molecule has 4 rings (SSSR count). The van der Waals surface area contributed by atoms with E-state index < -0.39 is 24.5 Å². The van der Waals surface area contributed by atoms with Gasteiger partial charge in [0, 0.05) is 31.9 Å². The van der Waals surface area contributed by atoms with Gasteiger partial charge in [-0.2, -0.15) is 5.11 Å². The number of hydrogen-bond donors (Lipinski definition) is 4. The Hall–Kier alpha value is -3.97. The molecule has 35 heavy (non-hydrogen) atoms. The second kappa shape index (κ2) is 11.0. The maximum Gasteiger partial charge on any atom is 0.289 e. The normalized spacial score (nSPS) is 16.1. The quantitative estimate of drug-likeness (QED) is 0.379. The highest BCUT2D eigenvalue weighted by Gasteiger charge is 2.23. The van der Waals surface area contributed by atoms with Crippen LogP contribution in [0.2, 0.25) is 0 Å². The van der Waals surface area contributed by atoms with E-state index in [2.05, 4.69) is 36.1 Å². The number of ether oxygens (including phenoxy) is 1. The molecule has 0 bridgehead atoms. The maximum atomic E-state index is 12.8. The Morgan fingerprint density at radius 1 is 1.26 bits per heavy atom. The second-order valence-electron chi connectivity index (χ2n) is 7.95. The van der Waals surface area contributed by atoms with Gasteiger partial charge < -0.3 is 30.7 Å². The lowest BCUT2D eigenvalue weighted by Gasteiger charge is -2.28. The number of nitrogens with one attached hydrogen (secondary N) is 3. The second-order valence-corrected chi connectivity index (χ2v) is 7.95. The zero-order valence-corrected chi connectivity index (χ0v) is 19.2. The van der Waals surface area contributed by atoms with E-state index in [9.17, 15) is 19.5 Å². The molecule has 1 atom stereocenters. The first kappa shape index (κ1) is 24.2. The van der Waals surface area contributed by atoms with Gasteiger partial charge in [0.15, 0.2) is 5.82 Å². The molecule has 1 aromatic heterocycles. The number of benzene rings is 1. The molecule has 1 unspecified atom stereocenters. The van der Waals surface area contributed by atoms with Gasteiger partial charge in [0.25, 0.3) is 5.91 Å². The first-order chi connectivity index (χ1) is 17.0. The Kier molecular flexibility index (Phi) is 7.57. The summed E-state index contributed by atoms with van der Waals surface area (Å²) in [5.74, 6) is -0.866. The van der Waals surface area contributed by atoms with E-state index in [0.29, 0.717) is 38.5 Å². The van der Waals surface area contributed by atoms with Gasteiger partial charge in [-0.3, -0.25) is 14.4 Å². The number of morpholine rings is 1. The summed E-state index contributed by atoms with van der Waals surface area (Å²) in [4.78, 5) is 46.6. The smallest absolute Gasteiger partial charge is 0.289 e. The Morgan fingerprint density at radius 2 is 2.06 bits per heavy atom. The fraction of sp³-hybridized carbons (Fsp3) is 0.409. The van der Waals surface area contributed by atoms with Crippen LogP contribution in [0.4, 0.5) is 17.3 Å². The van der Waals surface area contributed by atoms with E-state index in [-0.39, 0.29) is 24.1 Å². The summed E-state index contributed by atoms with van der Waals surface area (Å²) in [6, 6.07) is 6.07. The molecule has 0 radical (unpaired) electrons. The molecule has 2 aromatic rings. The van der Waals surface area contributed by atoms with Crippen molar-refractivity contribution < 1.29 is 24.2 Å². The minimum absolute atomic E-state index is 0.0407. The van der Waals surface area contributed by atoms with E-state index in [1.54, 1.807) is 6.07 Å². The van der Waals surface area contributed by atoms with Crippen molar-refractivity contribution in [3.05, 3.63) is 41.2 Å². The minimum Gasteiger partial charge on any atom is -0.394 e. The van der Waals surface area contributed by atoms with Crippen LogP contribution in [-0.2, 0) is 27.3 Å². The van der Waals surface area contributed by atoms with Gasteiger partial charge in [0.1, 0.15) is 11.9 Å². The third-order valence-corrected chi connectivity index (χ3v) is 5.51. The van der Waals surface area contributed by atoms with Crippen molar-refractivity contribution in [3.8, 4) is 0 Å². The molecule has 1 saturated heterocycles. The molecule has 13 nitrogen and oxygen atoms in total. The number of aromatic nitrogens is 2. The summed E-state index contributed by atoms with van der Waals surface area (Å²) in [6.07, 6.45) is 0.332. The molecule has 184 valence electrons. The van der Waals surface area contributed by atoms with Crippen LogP contribution in [0.1, 0.15) is 21.7 Å². The highest BCUT2D eigenvalue weighted by atomic mass is 16.5. The molecular weight excluding hydrogens is 456 g/mol. The fourth-order valence-electron chi connectivity index (χ4n) is 3.69. The van der Waals surface area contributed by atoms with Crippen LogP contribution < -0.4 is 20.9 Å². The number of likely N-dealkylation sites (N-methyl/N-ethyl adjacent to an activating group) is 1. The van der Waals surface area contributed by atoms with Crippen molar-refractivity contribution in [3.63, 3.8) is 0 Å². The van der Waals surface area contributed by atoms with Gasteiger partial charge in [-0.25, -0.2) is 9.97 Å². The number of fused-ring (bicyclic) bond motifs is 1. The summed E-state index contributed by atoms with van der Waals surface area (Å²) in [5.41, 5.74) is 2.59. The number of rotatable bonds is 8. The number of nitrogens with zero attached hydrogens (tertiary/aromatic N) is 5. The Balaban J connectivity index is 1.54. The van der Waals surface area contributed by atoms with Crippen molar-refractivity contribution in [2.75, 3.05) is 50.2 Å². The van der Waals surface area contributed by atoms with Crippen LogP contribution in [0.25, 0.3) is 0 Å². The molecule has 0 aliphatic carbocycles. The first-order valence-corrected chi connectivity index (χ1v) is 11.1. The van der Waals surface area contributed by atoms with Crippen LogP contribution in [0.3, 0.4) is 0 Å². The van der Waals surface area contributed by atoms with Crippen LogP contribution in [0, 0.1) is 0 Å². The molecule has 1 aromatic carbocycles. The van der Waals surface area contributed by atoms with Crippen molar-refractivity contribution in [2.45, 2.75) is 19.0 Å². The summed E-state index contributed by atoms with van der Waals surface area (Å²) in [5, 5.41) is 25.4. The van der Waals surface area contributed by atoms with E-state index in [0.717, 1.165) is 16.8 Å². The molecule has 13 heteroatoms. The monoisotopic (exact) mass is 482 g/mol. The third kappa shape index (κ3) is 5.94. The predicted octanol–water partition coefficient (Wildman–Crippen LogP) is -0.0716. The van der Waals surface area contributed by atoms with Gasteiger partial charge in [-0.05, 0) is 17.2 Å². The lowest BCUT2D eigenvalue weighted by atomic mass is 10.1. The van der Waals surface area contributed by atoms with Gasteiger partial charge in [0.05, 0.1) is 32.8 Å². The van der Waals surface area contributed by atoms with E-state index in [4.69, 9.17) is 4.74 Å². The topological polar surface area (TPSA) is 170 Å². The molecule has 4 N–H and O–H groups in total. The van der Waals surface area contributed by atoms with Crippen LogP contribution in [-0.4, -0.2) is 78.8 Å². The number of carbonyl (C=O) groups is 3.